The third kappa shape index (κ3) is 5.66. The van der Waals surface area contributed by atoms with Crippen molar-refractivity contribution in [3.05, 3.63) is 69.0 Å². The van der Waals surface area contributed by atoms with Gasteiger partial charge in [0.2, 0.25) is 0 Å². The molecule has 10 heteroatoms. The van der Waals surface area contributed by atoms with Crippen LogP contribution < -0.4 is 9.47 Å². The van der Waals surface area contributed by atoms with Crippen molar-refractivity contribution < 1.29 is 35.8 Å². The molecule has 0 spiro atoms. The molecule has 0 heterocycles. The quantitative estimate of drug-likeness (QED) is 0.329. The Labute approximate surface area is 160 Å². The lowest BCUT2D eigenvalue weighted by Gasteiger charge is -2.20. The van der Waals surface area contributed by atoms with Crippen LogP contribution in [0, 0.1) is 0 Å². The number of rotatable bonds is 4. The first-order valence-electron chi connectivity index (χ1n) is 6.72. The van der Waals surface area contributed by atoms with Gasteiger partial charge in [0, 0.05) is 8.95 Å². The summed E-state index contributed by atoms with van der Waals surface area (Å²) in [5.41, 5.74) is 0. The molecule has 2 aromatic rings. The number of hydrogen-bond donors (Lipinski definition) is 0. The molecular formula is C16H8Br2F6O2. The van der Waals surface area contributed by atoms with E-state index in [1.807, 2.05) is 0 Å². The van der Waals surface area contributed by atoms with Crippen molar-refractivity contribution >= 4 is 31.9 Å². The van der Waals surface area contributed by atoms with Gasteiger partial charge in [0.1, 0.15) is 11.5 Å². The molecule has 0 aliphatic heterocycles. The molecule has 26 heavy (non-hydrogen) atoms. The molecule has 0 aliphatic rings. The Morgan fingerprint density at radius 1 is 0.577 bits per heavy atom. The zero-order valence-electron chi connectivity index (χ0n) is 12.5. The second-order valence-corrected chi connectivity index (χ2v) is 6.60. The Morgan fingerprint density at radius 3 is 1.08 bits per heavy atom. The molecule has 0 bridgehead atoms. The molecule has 0 radical (unpaired) electrons. The van der Waals surface area contributed by atoms with E-state index in [2.05, 4.69) is 41.3 Å². The number of alkyl halides is 6. The number of allylic oxidation sites excluding steroid dienone is 2. The second-order valence-electron chi connectivity index (χ2n) is 4.77. The van der Waals surface area contributed by atoms with Crippen LogP contribution in [0.2, 0.25) is 0 Å². The summed E-state index contributed by atoms with van der Waals surface area (Å²) >= 11 is 6.13. The number of ether oxygens (including phenoxy) is 2. The van der Waals surface area contributed by atoms with E-state index in [-0.39, 0.29) is 0 Å². The maximum Gasteiger partial charge on any atom is 0.453 e. The summed E-state index contributed by atoms with van der Waals surface area (Å²) in [6.07, 6.45) is -10.9. The molecule has 0 amide bonds. The molecule has 2 nitrogen and oxygen atoms in total. The van der Waals surface area contributed by atoms with Gasteiger partial charge in [-0.05, 0) is 48.5 Å². The Kier molecular flexibility index (Phi) is 6.28. The minimum absolute atomic E-state index is 0.429. The van der Waals surface area contributed by atoms with Crippen molar-refractivity contribution in [2.45, 2.75) is 12.4 Å². The molecule has 140 valence electrons. The summed E-state index contributed by atoms with van der Waals surface area (Å²) < 4.78 is 89.5. The zero-order chi connectivity index (χ0) is 19.5. The van der Waals surface area contributed by atoms with Gasteiger partial charge >= 0.3 is 12.4 Å². The topological polar surface area (TPSA) is 18.5 Å². The van der Waals surface area contributed by atoms with Crippen LogP contribution in [-0.4, -0.2) is 12.4 Å². The maximum atomic E-state index is 13.3. The van der Waals surface area contributed by atoms with Gasteiger partial charge in [-0.2, -0.15) is 26.3 Å². The lowest BCUT2D eigenvalue weighted by Crippen LogP contribution is -2.29. The van der Waals surface area contributed by atoms with Crippen LogP contribution in [0.1, 0.15) is 0 Å². The van der Waals surface area contributed by atoms with Gasteiger partial charge in [0.25, 0.3) is 11.5 Å². The summed E-state index contributed by atoms with van der Waals surface area (Å²) in [5.74, 6) is -5.45. The van der Waals surface area contributed by atoms with E-state index >= 15 is 0 Å². The largest absolute Gasteiger partial charge is 0.453 e. The molecule has 0 atom stereocenters. The molecule has 0 fully saturated rings. The highest BCUT2D eigenvalue weighted by molar-refractivity contribution is 9.10. The molecule has 0 unspecified atom stereocenters. The number of hydrogen-bond acceptors (Lipinski definition) is 2. The summed E-state index contributed by atoms with van der Waals surface area (Å²) in [6, 6.07) is 9.65. The van der Waals surface area contributed by atoms with Crippen LogP contribution in [0.25, 0.3) is 0 Å². The third-order valence-electron chi connectivity index (χ3n) is 2.79. The molecule has 0 aromatic heterocycles. The minimum atomic E-state index is -5.44. The Hall–Kier alpha value is -1.68. The van der Waals surface area contributed by atoms with Gasteiger partial charge in [0.15, 0.2) is 0 Å². The monoisotopic (exact) mass is 504 g/mol. The van der Waals surface area contributed by atoms with E-state index < -0.39 is 35.4 Å². The molecule has 2 aromatic carbocycles. The average Bonchev–Trinajstić information content (AvgIpc) is 2.52. The van der Waals surface area contributed by atoms with E-state index in [9.17, 15) is 26.3 Å². The van der Waals surface area contributed by atoms with Crippen molar-refractivity contribution in [1.29, 1.82) is 0 Å². The maximum absolute atomic E-state index is 13.3. The fourth-order valence-corrected chi connectivity index (χ4v) is 2.24. The standard InChI is InChI=1S/C16H8Br2F6O2/c17-9-1-5-11(6-2-9)25-13(15(19,20)21)14(16(22,23)24)26-12-7-3-10(18)4-8-12/h1-8H/b14-13-. The molecule has 0 aliphatic carbocycles. The number of benzene rings is 2. The molecule has 0 saturated carbocycles. The van der Waals surface area contributed by atoms with Gasteiger partial charge in [-0.15, -0.1) is 0 Å². The summed E-state index contributed by atoms with van der Waals surface area (Å²) in [4.78, 5) is 0. The molecule has 2 rings (SSSR count). The molecular weight excluding hydrogens is 498 g/mol. The average molecular weight is 506 g/mol. The van der Waals surface area contributed by atoms with Gasteiger partial charge in [0.05, 0.1) is 0 Å². The van der Waals surface area contributed by atoms with E-state index in [0.717, 1.165) is 24.3 Å². The highest BCUT2D eigenvalue weighted by Crippen LogP contribution is 2.39. The van der Waals surface area contributed by atoms with Crippen LogP contribution in [-0.2, 0) is 0 Å². The fourth-order valence-electron chi connectivity index (χ4n) is 1.71. The van der Waals surface area contributed by atoms with Gasteiger partial charge in [-0.1, -0.05) is 31.9 Å². The Balaban J connectivity index is 2.51. The highest BCUT2D eigenvalue weighted by Gasteiger charge is 2.50. The van der Waals surface area contributed by atoms with Gasteiger partial charge in [-0.25, -0.2) is 0 Å². The Bertz CT molecular complexity index is 713. The van der Waals surface area contributed by atoms with Gasteiger partial charge < -0.3 is 9.47 Å². The lowest BCUT2D eigenvalue weighted by molar-refractivity contribution is -0.150. The zero-order valence-corrected chi connectivity index (χ0v) is 15.6. The van der Waals surface area contributed by atoms with E-state index in [1.165, 1.54) is 24.3 Å². The first kappa shape index (κ1) is 20.6. The molecule has 0 saturated heterocycles. The molecule has 0 N–H and O–H groups in total. The first-order valence-corrected chi connectivity index (χ1v) is 8.31. The van der Waals surface area contributed by atoms with Crippen LogP contribution >= 0.6 is 31.9 Å². The predicted molar refractivity (Wildman–Crippen MR) is 88.7 cm³/mol. The van der Waals surface area contributed by atoms with Gasteiger partial charge in [-0.3, -0.25) is 0 Å². The van der Waals surface area contributed by atoms with Crippen molar-refractivity contribution in [1.82, 2.24) is 0 Å². The summed E-state index contributed by atoms with van der Waals surface area (Å²) in [7, 11) is 0. The van der Waals surface area contributed by atoms with Crippen molar-refractivity contribution in [2.75, 3.05) is 0 Å². The van der Waals surface area contributed by atoms with E-state index in [4.69, 9.17) is 0 Å². The number of halogens is 8. The lowest BCUT2D eigenvalue weighted by atomic mass is 10.3. The smallest absolute Gasteiger partial charge is 0.449 e. The van der Waals surface area contributed by atoms with Crippen LogP contribution in [0.3, 0.4) is 0 Å². The third-order valence-corrected chi connectivity index (χ3v) is 3.85. The minimum Gasteiger partial charge on any atom is -0.449 e. The second kappa shape index (κ2) is 7.91. The highest BCUT2D eigenvalue weighted by atomic mass is 79.9. The normalized spacial score (nSPS) is 13.2. The van der Waals surface area contributed by atoms with E-state index in [1.54, 1.807) is 0 Å². The van der Waals surface area contributed by atoms with Crippen molar-refractivity contribution in [3.63, 3.8) is 0 Å². The van der Waals surface area contributed by atoms with E-state index in [0.29, 0.717) is 8.95 Å². The van der Waals surface area contributed by atoms with Crippen LogP contribution in [0.15, 0.2) is 69.0 Å². The first-order chi connectivity index (χ1) is 12.0. The van der Waals surface area contributed by atoms with Crippen molar-refractivity contribution in [2.24, 2.45) is 0 Å². The predicted octanol–water partition coefficient (Wildman–Crippen LogP) is 7.01. The summed E-state index contributed by atoms with van der Waals surface area (Å²) in [5, 5.41) is 0. The fraction of sp³-hybridized carbons (Fsp3) is 0.125. The SMILES string of the molecule is FC(F)(F)/C(Oc1ccc(Br)cc1)=C(/Oc1ccc(Br)cc1)C(F)(F)F. The van der Waals surface area contributed by atoms with Crippen LogP contribution in [0.4, 0.5) is 26.3 Å². The van der Waals surface area contributed by atoms with Crippen molar-refractivity contribution in [3.8, 4) is 11.5 Å². The Morgan fingerprint density at radius 2 is 0.846 bits per heavy atom. The van der Waals surface area contributed by atoms with Crippen LogP contribution in [0.5, 0.6) is 11.5 Å². The summed E-state index contributed by atoms with van der Waals surface area (Å²) in [6.45, 7) is 0.